The first-order valence-electron chi connectivity index (χ1n) is 7.49. The molecule has 0 aliphatic rings. The van der Waals surface area contributed by atoms with E-state index in [0.29, 0.717) is 22.3 Å². The molecule has 3 aromatic heterocycles. The third-order valence-electron chi connectivity index (χ3n) is 3.50. The molecule has 1 amide bonds. The molecule has 0 bridgehead atoms. The fourth-order valence-electron chi connectivity index (χ4n) is 2.43. The first-order chi connectivity index (χ1) is 11.8. The minimum Gasteiger partial charge on any atom is -0.335 e. The van der Waals surface area contributed by atoms with E-state index >= 15 is 0 Å². The number of rotatable bonds is 4. The number of hydrogen-bond acceptors (Lipinski definition) is 7. The van der Waals surface area contributed by atoms with Crippen LogP contribution in [0, 0.1) is 0 Å². The SMILES string of the molecule is CC(C)c1noc2nc(-c3cccnc3)cc(C(=O)NS(C)(=O)=O)c12. The van der Waals surface area contributed by atoms with Gasteiger partial charge in [0.05, 0.1) is 28.6 Å². The van der Waals surface area contributed by atoms with Crippen molar-refractivity contribution in [2.45, 2.75) is 19.8 Å². The molecule has 0 saturated carbocycles. The maximum Gasteiger partial charge on any atom is 0.265 e. The van der Waals surface area contributed by atoms with Gasteiger partial charge in [0.25, 0.3) is 11.6 Å². The van der Waals surface area contributed by atoms with Gasteiger partial charge in [0.15, 0.2) is 0 Å². The van der Waals surface area contributed by atoms with E-state index in [1.807, 2.05) is 18.6 Å². The topological polar surface area (TPSA) is 115 Å². The first-order valence-corrected chi connectivity index (χ1v) is 9.38. The highest BCUT2D eigenvalue weighted by Gasteiger charge is 2.24. The number of nitrogens with zero attached hydrogens (tertiary/aromatic N) is 3. The van der Waals surface area contributed by atoms with Crippen LogP contribution in [0.2, 0.25) is 0 Å². The smallest absolute Gasteiger partial charge is 0.265 e. The lowest BCUT2D eigenvalue weighted by Gasteiger charge is -2.08. The van der Waals surface area contributed by atoms with Crippen molar-refractivity contribution in [3.63, 3.8) is 0 Å². The quantitative estimate of drug-likeness (QED) is 0.757. The highest BCUT2D eigenvalue weighted by molar-refractivity contribution is 7.89. The van der Waals surface area contributed by atoms with Crippen molar-refractivity contribution < 1.29 is 17.7 Å². The van der Waals surface area contributed by atoms with Crippen LogP contribution in [0.5, 0.6) is 0 Å². The lowest BCUT2D eigenvalue weighted by atomic mass is 10.0. The van der Waals surface area contributed by atoms with E-state index < -0.39 is 15.9 Å². The standard InChI is InChI=1S/C16H16N4O4S/c1-9(2)14-13-11(15(21)20-25(3,22)23)7-12(18-16(13)24-19-14)10-5-4-6-17-8-10/h4-9H,1-3H3,(H,20,21). The highest BCUT2D eigenvalue weighted by Crippen LogP contribution is 2.30. The van der Waals surface area contributed by atoms with Gasteiger partial charge < -0.3 is 4.52 Å². The molecule has 130 valence electrons. The Hall–Kier alpha value is -2.81. The summed E-state index contributed by atoms with van der Waals surface area (Å²) in [6.07, 6.45) is 4.12. The van der Waals surface area contributed by atoms with E-state index in [1.165, 1.54) is 6.07 Å². The van der Waals surface area contributed by atoms with Gasteiger partial charge in [-0.05, 0) is 24.1 Å². The molecule has 0 spiro atoms. The van der Waals surface area contributed by atoms with Crippen molar-refractivity contribution in [3.8, 4) is 11.3 Å². The largest absolute Gasteiger partial charge is 0.335 e. The molecule has 3 heterocycles. The van der Waals surface area contributed by atoms with Crippen molar-refractivity contribution >= 4 is 27.0 Å². The van der Waals surface area contributed by atoms with Crippen LogP contribution < -0.4 is 4.72 Å². The van der Waals surface area contributed by atoms with Crippen LogP contribution in [0.25, 0.3) is 22.4 Å². The summed E-state index contributed by atoms with van der Waals surface area (Å²) in [7, 11) is -3.72. The molecule has 0 aromatic carbocycles. The summed E-state index contributed by atoms with van der Waals surface area (Å²) < 4.78 is 30.2. The van der Waals surface area contributed by atoms with Gasteiger partial charge in [0.2, 0.25) is 10.0 Å². The molecule has 0 fully saturated rings. The number of sulfonamides is 1. The van der Waals surface area contributed by atoms with Gasteiger partial charge in [0, 0.05) is 18.0 Å². The normalized spacial score (nSPS) is 11.8. The summed E-state index contributed by atoms with van der Waals surface area (Å²) in [6, 6.07) is 5.03. The monoisotopic (exact) mass is 360 g/mol. The van der Waals surface area contributed by atoms with E-state index in [4.69, 9.17) is 4.52 Å². The predicted molar refractivity (Wildman–Crippen MR) is 91.4 cm³/mol. The van der Waals surface area contributed by atoms with Crippen molar-refractivity contribution in [2.24, 2.45) is 0 Å². The number of hydrogen-bond donors (Lipinski definition) is 1. The summed E-state index contributed by atoms with van der Waals surface area (Å²) in [6.45, 7) is 3.79. The maximum atomic E-state index is 12.5. The second-order valence-corrected chi connectivity index (χ2v) is 7.65. The molecule has 0 radical (unpaired) electrons. The molecule has 0 saturated heterocycles. The zero-order chi connectivity index (χ0) is 18.2. The summed E-state index contributed by atoms with van der Waals surface area (Å²) in [4.78, 5) is 20.9. The van der Waals surface area contributed by atoms with Crippen molar-refractivity contribution in [1.29, 1.82) is 0 Å². The van der Waals surface area contributed by atoms with E-state index in [9.17, 15) is 13.2 Å². The maximum absolute atomic E-state index is 12.5. The number of carbonyl (C=O) groups is 1. The van der Waals surface area contributed by atoms with Crippen LogP contribution >= 0.6 is 0 Å². The second-order valence-electron chi connectivity index (χ2n) is 5.90. The van der Waals surface area contributed by atoms with Gasteiger partial charge in [-0.2, -0.15) is 0 Å². The Labute approximate surface area is 144 Å². The Balaban J connectivity index is 2.26. The van der Waals surface area contributed by atoms with Crippen LogP contribution in [0.3, 0.4) is 0 Å². The minimum atomic E-state index is -3.72. The second kappa shape index (κ2) is 6.25. The molecule has 0 unspecified atom stereocenters. The van der Waals surface area contributed by atoms with E-state index in [0.717, 1.165) is 6.26 Å². The predicted octanol–water partition coefficient (Wildman–Crippen LogP) is 2.10. The summed E-state index contributed by atoms with van der Waals surface area (Å²) >= 11 is 0. The average molecular weight is 360 g/mol. The zero-order valence-electron chi connectivity index (χ0n) is 13.8. The third kappa shape index (κ3) is 3.50. The van der Waals surface area contributed by atoms with Gasteiger partial charge in [-0.25, -0.2) is 18.1 Å². The van der Waals surface area contributed by atoms with E-state index in [-0.39, 0.29) is 17.2 Å². The summed E-state index contributed by atoms with van der Waals surface area (Å²) in [5.74, 6) is -0.790. The minimum absolute atomic E-state index is 0.0305. The number of fused-ring (bicyclic) bond motifs is 1. The number of aromatic nitrogens is 3. The molecule has 0 aliphatic heterocycles. The lowest BCUT2D eigenvalue weighted by molar-refractivity contribution is 0.0983. The van der Waals surface area contributed by atoms with Gasteiger partial charge in [-0.15, -0.1) is 0 Å². The van der Waals surface area contributed by atoms with Crippen LogP contribution in [0.4, 0.5) is 0 Å². The van der Waals surface area contributed by atoms with Crippen molar-refractivity contribution in [1.82, 2.24) is 19.8 Å². The zero-order valence-corrected chi connectivity index (χ0v) is 14.7. The van der Waals surface area contributed by atoms with Gasteiger partial charge in [0.1, 0.15) is 0 Å². The number of nitrogens with one attached hydrogen (secondary N) is 1. The number of carbonyl (C=O) groups excluding carboxylic acids is 1. The molecule has 9 heteroatoms. The molecule has 0 atom stereocenters. The van der Waals surface area contributed by atoms with Crippen molar-refractivity contribution in [3.05, 3.63) is 41.9 Å². The highest BCUT2D eigenvalue weighted by atomic mass is 32.2. The fraction of sp³-hybridized carbons (Fsp3) is 0.250. The Kier molecular flexibility index (Phi) is 4.25. The summed E-state index contributed by atoms with van der Waals surface area (Å²) in [5, 5.41) is 4.39. The van der Waals surface area contributed by atoms with Crippen LogP contribution in [0.15, 0.2) is 35.1 Å². The Morgan fingerprint density at radius 2 is 2.08 bits per heavy atom. The first kappa shape index (κ1) is 17.0. The number of amides is 1. The lowest BCUT2D eigenvalue weighted by Crippen LogP contribution is -2.29. The Bertz CT molecular complexity index is 1040. The van der Waals surface area contributed by atoms with Crippen LogP contribution in [0.1, 0.15) is 35.8 Å². The molecule has 25 heavy (non-hydrogen) atoms. The Morgan fingerprint density at radius 1 is 1.32 bits per heavy atom. The molecular formula is C16H16N4O4S. The van der Waals surface area contributed by atoms with E-state index in [2.05, 4.69) is 15.1 Å². The van der Waals surface area contributed by atoms with Crippen molar-refractivity contribution in [2.75, 3.05) is 6.26 Å². The van der Waals surface area contributed by atoms with E-state index in [1.54, 1.807) is 24.5 Å². The molecule has 8 nitrogen and oxygen atoms in total. The van der Waals surface area contributed by atoms with Crippen LogP contribution in [-0.4, -0.2) is 35.7 Å². The Morgan fingerprint density at radius 3 is 2.68 bits per heavy atom. The van der Waals surface area contributed by atoms with Gasteiger partial charge in [-0.1, -0.05) is 19.0 Å². The third-order valence-corrected chi connectivity index (χ3v) is 4.06. The average Bonchev–Trinajstić information content (AvgIpc) is 2.97. The number of pyridine rings is 2. The molecule has 3 rings (SSSR count). The molecule has 3 aromatic rings. The van der Waals surface area contributed by atoms with Crippen LogP contribution in [-0.2, 0) is 10.0 Å². The summed E-state index contributed by atoms with van der Waals surface area (Å²) in [5.41, 5.74) is 1.95. The van der Waals surface area contributed by atoms with Gasteiger partial charge in [-0.3, -0.25) is 9.78 Å². The molecular weight excluding hydrogens is 344 g/mol. The molecule has 1 N–H and O–H groups in total. The molecule has 0 aliphatic carbocycles. The van der Waals surface area contributed by atoms with Gasteiger partial charge >= 0.3 is 0 Å². The fourth-order valence-corrected chi connectivity index (χ4v) is 2.88.